The van der Waals surface area contributed by atoms with Gasteiger partial charge in [-0.25, -0.2) is 4.98 Å². The Labute approximate surface area is 97.6 Å². The second-order valence-electron chi connectivity index (χ2n) is 4.71. The Balaban J connectivity index is 2.13. The van der Waals surface area contributed by atoms with E-state index >= 15 is 0 Å². The van der Waals surface area contributed by atoms with E-state index in [1.807, 2.05) is 13.0 Å². The summed E-state index contributed by atoms with van der Waals surface area (Å²) in [7, 11) is 0. The summed E-state index contributed by atoms with van der Waals surface area (Å²) >= 11 is 0. The van der Waals surface area contributed by atoms with Gasteiger partial charge in [0, 0.05) is 18.8 Å². The minimum atomic E-state index is 0.558. The van der Waals surface area contributed by atoms with Crippen LogP contribution < -0.4 is 5.32 Å². The minimum absolute atomic E-state index is 0.558. The van der Waals surface area contributed by atoms with Crippen LogP contribution in [-0.2, 0) is 0 Å². The molecule has 0 bridgehead atoms. The molecule has 0 aliphatic heterocycles. The van der Waals surface area contributed by atoms with Gasteiger partial charge in [0.2, 0.25) is 5.95 Å². The molecule has 1 fully saturated rings. The maximum absolute atomic E-state index is 4.51. The molecule has 1 unspecified atom stereocenters. The van der Waals surface area contributed by atoms with Crippen LogP contribution in [0.25, 0.3) is 0 Å². The van der Waals surface area contributed by atoms with E-state index < -0.39 is 0 Å². The summed E-state index contributed by atoms with van der Waals surface area (Å²) in [5.41, 5.74) is 1.08. The average Bonchev–Trinajstić information content (AvgIpc) is 2.54. The predicted octanol–water partition coefficient (Wildman–Crippen LogP) is 3.15. The largest absolute Gasteiger partial charge is 0.352 e. The second kappa shape index (κ2) is 4.73. The number of nitrogens with zero attached hydrogens (tertiary/aromatic N) is 2. The van der Waals surface area contributed by atoms with Gasteiger partial charge in [0.05, 0.1) is 5.69 Å². The number of imidazole rings is 1. The van der Waals surface area contributed by atoms with Crippen molar-refractivity contribution in [2.45, 2.75) is 39.2 Å². The predicted molar refractivity (Wildman–Crippen MR) is 67.7 cm³/mol. The van der Waals surface area contributed by atoms with Gasteiger partial charge in [0.25, 0.3) is 0 Å². The zero-order valence-electron chi connectivity index (χ0n) is 10.2. The van der Waals surface area contributed by atoms with E-state index in [1.165, 1.54) is 19.3 Å². The van der Waals surface area contributed by atoms with E-state index in [0.717, 1.165) is 24.1 Å². The summed E-state index contributed by atoms with van der Waals surface area (Å²) in [6.07, 6.45) is 8.12. The normalized spacial score (nSPS) is 17.9. The summed E-state index contributed by atoms with van der Waals surface area (Å²) in [6, 6.07) is 0.558. The molecular formula is C13H21N3. The number of aryl methyl sites for hydroxylation is 1. The fraction of sp³-hybridized carbons (Fsp3) is 0.615. The number of hydrogen-bond acceptors (Lipinski definition) is 2. The van der Waals surface area contributed by atoms with Gasteiger partial charge in [-0.15, -0.1) is 6.58 Å². The first-order valence-corrected chi connectivity index (χ1v) is 6.12. The third-order valence-corrected chi connectivity index (χ3v) is 3.53. The minimum Gasteiger partial charge on any atom is -0.352 e. The molecule has 3 heteroatoms. The van der Waals surface area contributed by atoms with Crippen molar-refractivity contribution in [1.82, 2.24) is 9.55 Å². The molecule has 1 saturated carbocycles. The van der Waals surface area contributed by atoms with Gasteiger partial charge in [0.15, 0.2) is 0 Å². The van der Waals surface area contributed by atoms with Crippen molar-refractivity contribution in [2.24, 2.45) is 5.92 Å². The summed E-state index contributed by atoms with van der Waals surface area (Å²) in [5.74, 6) is 1.81. The fourth-order valence-electron chi connectivity index (χ4n) is 2.27. The maximum Gasteiger partial charge on any atom is 0.203 e. The van der Waals surface area contributed by atoms with Gasteiger partial charge in [-0.05, 0) is 32.6 Å². The van der Waals surface area contributed by atoms with E-state index in [-0.39, 0.29) is 0 Å². The van der Waals surface area contributed by atoms with Crippen LogP contribution in [0.5, 0.6) is 0 Å². The molecule has 0 radical (unpaired) electrons. The van der Waals surface area contributed by atoms with Crippen LogP contribution in [0.2, 0.25) is 0 Å². The molecule has 1 heterocycles. The average molecular weight is 219 g/mol. The third kappa shape index (κ3) is 2.13. The van der Waals surface area contributed by atoms with E-state index in [2.05, 4.69) is 34.6 Å². The highest BCUT2D eigenvalue weighted by molar-refractivity contribution is 5.30. The molecule has 0 saturated heterocycles. The number of aromatic nitrogens is 2. The lowest BCUT2D eigenvalue weighted by atomic mass is 9.80. The van der Waals surface area contributed by atoms with Crippen molar-refractivity contribution in [3.05, 3.63) is 24.5 Å². The van der Waals surface area contributed by atoms with E-state index in [1.54, 1.807) is 0 Å². The highest BCUT2D eigenvalue weighted by Gasteiger charge is 2.26. The highest BCUT2D eigenvalue weighted by atomic mass is 15.2. The van der Waals surface area contributed by atoms with E-state index in [0.29, 0.717) is 6.04 Å². The van der Waals surface area contributed by atoms with E-state index in [9.17, 15) is 0 Å². The Morgan fingerprint density at radius 3 is 3.00 bits per heavy atom. The molecule has 1 aromatic rings. The molecule has 1 N–H and O–H groups in total. The van der Waals surface area contributed by atoms with Crippen LogP contribution in [0.4, 0.5) is 5.95 Å². The standard InChI is InChI=1S/C13H21N3/c1-4-8-14-13-15-10(2)9-16(13)11(3)12-6-5-7-12/h4,9,11-12H,1,5-8H2,2-3H3,(H,14,15). The van der Waals surface area contributed by atoms with Crippen LogP contribution in [0.15, 0.2) is 18.9 Å². The summed E-state index contributed by atoms with van der Waals surface area (Å²) in [4.78, 5) is 4.51. The summed E-state index contributed by atoms with van der Waals surface area (Å²) in [5, 5.41) is 3.30. The zero-order chi connectivity index (χ0) is 11.5. The van der Waals surface area contributed by atoms with Crippen molar-refractivity contribution in [3.63, 3.8) is 0 Å². The third-order valence-electron chi connectivity index (χ3n) is 3.53. The number of rotatable bonds is 5. The van der Waals surface area contributed by atoms with Gasteiger partial charge in [0.1, 0.15) is 0 Å². The van der Waals surface area contributed by atoms with Crippen molar-refractivity contribution < 1.29 is 0 Å². The highest BCUT2D eigenvalue weighted by Crippen LogP contribution is 2.37. The van der Waals surface area contributed by atoms with Crippen molar-refractivity contribution in [2.75, 3.05) is 11.9 Å². The molecule has 0 amide bonds. The Morgan fingerprint density at radius 2 is 2.44 bits per heavy atom. The van der Waals surface area contributed by atoms with Crippen molar-refractivity contribution in [1.29, 1.82) is 0 Å². The second-order valence-corrected chi connectivity index (χ2v) is 4.71. The molecule has 0 spiro atoms. The lowest BCUT2D eigenvalue weighted by Gasteiger charge is -2.32. The molecule has 1 aromatic heterocycles. The molecular weight excluding hydrogens is 198 g/mol. The van der Waals surface area contributed by atoms with Gasteiger partial charge < -0.3 is 9.88 Å². The first kappa shape index (κ1) is 11.2. The van der Waals surface area contributed by atoms with Crippen LogP contribution in [0, 0.1) is 12.8 Å². The Kier molecular flexibility index (Phi) is 3.32. The molecule has 2 rings (SSSR count). The molecule has 3 nitrogen and oxygen atoms in total. The van der Waals surface area contributed by atoms with Gasteiger partial charge in [-0.1, -0.05) is 12.5 Å². The van der Waals surface area contributed by atoms with Gasteiger partial charge in [-0.3, -0.25) is 0 Å². The molecule has 1 atom stereocenters. The smallest absolute Gasteiger partial charge is 0.203 e. The first-order valence-electron chi connectivity index (χ1n) is 6.12. The topological polar surface area (TPSA) is 29.9 Å². The van der Waals surface area contributed by atoms with Crippen molar-refractivity contribution in [3.8, 4) is 0 Å². The number of nitrogens with one attached hydrogen (secondary N) is 1. The summed E-state index contributed by atoms with van der Waals surface area (Å²) < 4.78 is 2.28. The fourth-order valence-corrected chi connectivity index (χ4v) is 2.27. The molecule has 1 aliphatic rings. The number of anilines is 1. The molecule has 16 heavy (non-hydrogen) atoms. The molecule has 0 aromatic carbocycles. The Hall–Kier alpha value is -1.25. The van der Waals surface area contributed by atoms with Crippen molar-refractivity contribution >= 4 is 5.95 Å². The lowest BCUT2D eigenvalue weighted by molar-refractivity contribution is 0.224. The van der Waals surface area contributed by atoms with Gasteiger partial charge in [-0.2, -0.15) is 0 Å². The lowest BCUT2D eigenvalue weighted by Crippen LogP contribution is -2.23. The van der Waals surface area contributed by atoms with Crippen LogP contribution in [0.1, 0.15) is 37.9 Å². The monoisotopic (exact) mass is 219 g/mol. The van der Waals surface area contributed by atoms with Crippen LogP contribution in [-0.4, -0.2) is 16.1 Å². The zero-order valence-corrected chi connectivity index (χ0v) is 10.2. The van der Waals surface area contributed by atoms with Crippen LogP contribution in [0.3, 0.4) is 0 Å². The summed E-state index contributed by atoms with van der Waals surface area (Å²) in [6.45, 7) is 8.83. The maximum atomic E-state index is 4.51. The molecule has 1 aliphatic carbocycles. The Bertz CT molecular complexity index is 363. The molecule has 88 valence electrons. The first-order chi connectivity index (χ1) is 7.72. The number of hydrogen-bond donors (Lipinski definition) is 1. The Morgan fingerprint density at radius 1 is 1.69 bits per heavy atom. The van der Waals surface area contributed by atoms with E-state index in [4.69, 9.17) is 0 Å². The SMILES string of the molecule is C=CCNc1nc(C)cn1C(C)C1CCC1. The van der Waals surface area contributed by atoms with Crippen LogP contribution >= 0.6 is 0 Å². The quantitative estimate of drug-likeness (QED) is 0.771. The van der Waals surface area contributed by atoms with Gasteiger partial charge >= 0.3 is 0 Å².